The molecule has 9 heteroatoms. The van der Waals surface area contributed by atoms with Crippen molar-refractivity contribution in [2.24, 2.45) is 0 Å². The van der Waals surface area contributed by atoms with E-state index in [-0.39, 0.29) is 37.4 Å². The summed E-state index contributed by atoms with van der Waals surface area (Å²) in [6.07, 6.45) is -4.82. The van der Waals surface area contributed by atoms with Crippen molar-refractivity contribution in [1.82, 2.24) is 5.43 Å². The first kappa shape index (κ1) is 21.8. The zero-order valence-corrected chi connectivity index (χ0v) is 15.4. The number of nitrogens with zero attached hydrogens (tertiary/aromatic N) is 2. The Balaban J connectivity index is 1.93. The van der Waals surface area contributed by atoms with Crippen molar-refractivity contribution in [3.05, 3.63) is 60.2 Å². The number of carbonyl (C=O) groups is 2. The van der Waals surface area contributed by atoms with E-state index in [1.165, 1.54) is 23.1 Å². The molecule has 0 atom stereocenters. The van der Waals surface area contributed by atoms with Gasteiger partial charge in [-0.05, 0) is 24.3 Å². The van der Waals surface area contributed by atoms with E-state index in [4.69, 9.17) is 5.26 Å². The molecular weight excluding hydrogens is 385 g/mol. The number of nitriles is 1. The van der Waals surface area contributed by atoms with E-state index in [0.29, 0.717) is 5.69 Å². The Morgan fingerprint density at radius 3 is 2.31 bits per heavy atom. The minimum absolute atomic E-state index is 0.128. The number of hydrogen-bond acceptors (Lipinski definition) is 4. The van der Waals surface area contributed by atoms with Gasteiger partial charge in [0.15, 0.2) is 0 Å². The molecule has 6 nitrogen and oxygen atoms in total. The molecule has 29 heavy (non-hydrogen) atoms. The van der Waals surface area contributed by atoms with E-state index in [0.717, 1.165) is 6.07 Å². The van der Waals surface area contributed by atoms with Gasteiger partial charge < -0.3 is 4.90 Å². The quantitative estimate of drug-likeness (QED) is 0.654. The second-order valence-electron chi connectivity index (χ2n) is 6.01. The number of carbonyl (C=O) groups excluding carboxylic acids is 2. The molecule has 2 amide bonds. The van der Waals surface area contributed by atoms with Crippen LogP contribution in [-0.2, 0) is 15.8 Å². The number of benzene rings is 2. The van der Waals surface area contributed by atoms with Crippen LogP contribution in [-0.4, -0.2) is 18.4 Å². The maximum Gasteiger partial charge on any atom is 0.418 e. The first-order valence-electron chi connectivity index (χ1n) is 8.76. The van der Waals surface area contributed by atoms with Crippen LogP contribution in [0.2, 0.25) is 0 Å². The van der Waals surface area contributed by atoms with Crippen molar-refractivity contribution >= 4 is 23.2 Å². The SMILES string of the molecule is N#CCCN(C(=O)CCC(=O)NNc1ccccc1C(F)(F)F)c1ccccc1. The van der Waals surface area contributed by atoms with Crippen molar-refractivity contribution in [3.63, 3.8) is 0 Å². The average molecular weight is 404 g/mol. The molecule has 0 fully saturated rings. The molecule has 0 aliphatic rings. The third-order valence-electron chi connectivity index (χ3n) is 3.95. The molecule has 0 saturated heterocycles. The van der Waals surface area contributed by atoms with E-state index >= 15 is 0 Å². The molecule has 152 valence electrons. The maximum absolute atomic E-state index is 13.0. The highest BCUT2D eigenvalue weighted by Gasteiger charge is 2.33. The number of hydrogen-bond donors (Lipinski definition) is 2. The fraction of sp³-hybridized carbons (Fsp3) is 0.250. The second kappa shape index (κ2) is 10.1. The van der Waals surface area contributed by atoms with Crippen LogP contribution in [0.3, 0.4) is 0 Å². The first-order chi connectivity index (χ1) is 13.8. The second-order valence-corrected chi connectivity index (χ2v) is 6.01. The molecule has 2 aromatic carbocycles. The van der Waals surface area contributed by atoms with Gasteiger partial charge in [0.05, 0.1) is 23.7 Å². The molecule has 2 aromatic rings. The van der Waals surface area contributed by atoms with Gasteiger partial charge in [0.25, 0.3) is 0 Å². The fourth-order valence-electron chi connectivity index (χ4n) is 2.56. The predicted molar refractivity (Wildman–Crippen MR) is 101 cm³/mol. The van der Waals surface area contributed by atoms with Gasteiger partial charge in [0.1, 0.15) is 0 Å². The van der Waals surface area contributed by atoms with Gasteiger partial charge in [-0.25, -0.2) is 0 Å². The molecule has 0 bridgehead atoms. The average Bonchev–Trinajstić information content (AvgIpc) is 2.71. The number of nitrogens with one attached hydrogen (secondary N) is 2. The lowest BCUT2D eigenvalue weighted by Crippen LogP contribution is -2.34. The number of hydrazine groups is 1. The number of para-hydroxylation sites is 2. The summed E-state index contributed by atoms with van der Waals surface area (Å²) in [6, 6.07) is 15.4. The summed E-state index contributed by atoms with van der Waals surface area (Å²) in [5, 5.41) is 8.78. The largest absolute Gasteiger partial charge is 0.418 e. The maximum atomic E-state index is 13.0. The Bertz CT molecular complexity index is 879. The van der Waals surface area contributed by atoms with Crippen molar-refractivity contribution in [2.75, 3.05) is 16.9 Å². The van der Waals surface area contributed by atoms with Gasteiger partial charge >= 0.3 is 6.18 Å². The van der Waals surface area contributed by atoms with Crippen molar-refractivity contribution in [2.45, 2.75) is 25.4 Å². The highest BCUT2D eigenvalue weighted by Crippen LogP contribution is 2.34. The van der Waals surface area contributed by atoms with E-state index in [1.54, 1.807) is 30.3 Å². The van der Waals surface area contributed by atoms with Gasteiger partial charge in [0, 0.05) is 25.1 Å². The fourth-order valence-corrected chi connectivity index (χ4v) is 2.56. The molecule has 0 aliphatic heterocycles. The number of anilines is 2. The zero-order chi connectivity index (χ0) is 21.3. The molecule has 0 spiro atoms. The summed E-state index contributed by atoms with van der Waals surface area (Å²) in [5.41, 5.74) is 3.82. The van der Waals surface area contributed by atoms with E-state index in [2.05, 4.69) is 10.9 Å². The molecule has 0 heterocycles. The Kier molecular flexibility index (Phi) is 7.60. The number of alkyl halides is 3. The van der Waals surface area contributed by atoms with Crippen molar-refractivity contribution < 1.29 is 22.8 Å². The van der Waals surface area contributed by atoms with Gasteiger partial charge in [-0.3, -0.25) is 20.4 Å². The molecule has 0 unspecified atom stereocenters. The molecule has 0 saturated carbocycles. The molecule has 0 radical (unpaired) electrons. The molecule has 0 aromatic heterocycles. The van der Waals surface area contributed by atoms with Crippen LogP contribution in [0, 0.1) is 11.3 Å². The highest BCUT2D eigenvalue weighted by atomic mass is 19.4. The molecule has 0 aliphatic carbocycles. The number of amides is 2. The highest BCUT2D eigenvalue weighted by molar-refractivity contribution is 5.95. The summed E-state index contributed by atoms with van der Waals surface area (Å²) in [6.45, 7) is 0.179. The van der Waals surface area contributed by atoms with E-state index in [9.17, 15) is 22.8 Å². The lowest BCUT2D eigenvalue weighted by molar-refractivity contribution is -0.137. The van der Waals surface area contributed by atoms with Crippen molar-refractivity contribution in [3.8, 4) is 6.07 Å². The topological polar surface area (TPSA) is 85.2 Å². The van der Waals surface area contributed by atoms with Gasteiger partial charge in [0.2, 0.25) is 11.8 Å². The van der Waals surface area contributed by atoms with E-state index < -0.39 is 17.6 Å². The Morgan fingerprint density at radius 1 is 1.00 bits per heavy atom. The van der Waals surface area contributed by atoms with Crippen LogP contribution >= 0.6 is 0 Å². The summed E-state index contributed by atoms with van der Waals surface area (Å²) in [5.74, 6) is -0.999. The Labute approximate surface area is 165 Å². The van der Waals surface area contributed by atoms with Crippen molar-refractivity contribution in [1.29, 1.82) is 5.26 Å². The summed E-state index contributed by atoms with van der Waals surface area (Å²) >= 11 is 0. The summed E-state index contributed by atoms with van der Waals surface area (Å²) in [7, 11) is 0. The van der Waals surface area contributed by atoms with Crippen LogP contribution in [0.25, 0.3) is 0 Å². The summed E-state index contributed by atoms with van der Waals surface area (Å²) in [4.78, 5) is 25.9. The van der Waals surface area contributed by atoms with Gasteiger partial charge in [-0.15, -0.1) is 0 Å². The minimum atomic E-state index is -4.57. The molecular formula is C20H19F3N4O2. The number of halogens is 3. The van der Waals surface area contributed by atoms with Crippen LogP contribution < -0.4 is 15.8 Å². The van der Waals surface area contributed by atoms with Gasteiger partial charge in [-0.2, -0.15) is 18.4 Å². The van der Waals surface area contributed by atoms with Crippen LogP contribution in [0.15, 0.2) is 54.6 Å². The third-order valence-corrected chi connectivity index (χ3v) is 3.95. The predicted octanol–water partition coefficient (Wildman–Crippen LogP) is 3.88. The minimum Gasteiger partial charge on any atom is -0.311 e. The number of rotatable bonds is 8. The molecule has 2 N–H and O–H groups in total. The van der Waals surface area contributed by atoms with Crippen LogP contribution in [0.5, 0.6) is 0 Å². The first-order valence-corrected chi connectivity index (χ1v) is 8.76. The third kappa shape index (κ3) is 6.53. The Hall–Kier alpha value is -3.54. The molecule has 2 rings (SSSR count). The monoisotopic (exact) mass is 404 g/mol. The Morgan fingerprint density at radius 2 is 1.66 bits per heavy atom. The van der Waals surface area contributed by atoms with Crippen LogP contribution in [0.1, 0.15) is 24.8 Å². The lowest BCUT2D eigenvalue weighted by Gasteiger charge is -2.21. The standard InChI is InChI=1S/C20H19F3N4O2/c21-20(22,23)16-9-4-5-10-17(16)25-26-18(28)11-12-19(29)27(14-6-13-24)15-7-2-1-3-8-15/h1-5,7-10,25H,6,11-12,14H2,(H,26,28). The summed E-state index contributed by atoms with van der Waals surface area (Å²) < 4.78 is 38.9. The normalized spacial score (nSPS) is 10.7. The zero-order valence-electron chi connectivity index (χ0n) is 15.4. The van der Waals surface area contributed by atoms with Crippen LogP contribution in [0.4, 0.5) is 24.5 Å². The smallest absolute Gasteiger partial charge is 0.311 e. The van der Waals surface area contributed by atoms with E-state index in [1.807, 2.05) is 6.07 Å². The van der Waals surface area contributed by atoms with Gasteiger partial charge in [-0.1, -0.05) is 30.3 Å². The lowest BCUT2D eigenvalue weighted by atomic mass is 10.2.